The van der Waals surface area contributed by atoms with Gasteiger partial charge < -0.3 is 24.8 Å². The molecule has 2 aromatic rings. The Kier molecular flexibility index (Phi) is 9.93. The largest absolute Gasteiger partial charge is 0.491 e. The normalized spacial score (nSPS) is 17.8. The third-order valence-electron chi connectivity index (χ3n) is 6.05. The number of benzene rings is 1. The third kappa shape index (κ3) is 7.84. The molecule has 0 bridgehead atoms. The van der Waals surface area contributed by atoms with Gasteiger partial charge in [-0.05, 0) is 43.0 Å². The molecule has 0 aliphatic carbocycles. The van der Waals surface area contributed by atoms with Gasteiger partial charge in [-0.2, -0.15) is 0 Å². The average Bonchev–Trinajstić information content (AvgIpc) is 2.85. The van der Waals surface area contributed by atoms with Crippen molar-refractivity contribution >= 4 is 29.3 Å². The van der Waals surface area contributed by atoms with Gasteiger partial charge in [0.15, 0.2) is 0 Å². The molecule has 0 unspecified atom stereocenters. The topological polar surface area (TPSA) is 110 Å². The van der Waals surface area contributed by atoms with Crippen LogP contribution in [0.4, 0.5) is 0 Å². The average molecular weight is 517 g/mol. The van der Waals surface area contributed by atoms with Crippen molar-refractivity contribution in [2.75, 3.05) is 26.2 Å². The van der Waals surface area contributed by atoms with E-state index in [9.17, 15) is 19.2 Å². The van der Waals surface area contributed by atoms with Crippen LogP contribution in [0.15, 0.2) is 47.4 Å². The van der Waals surface area contributed by atoms with Gasteiger partial charge in [-0.15, -0.1) is 0 Å². The minimum atomic E-state index is -0.339. The van der Waals surface area contributed by atoms with Crippen LogP contribution in [0.1, 0.15) is 43.5 Å². The van der Waals surface area contributed by atoms with E-state index in [1.165, 1.54) is 15.5 Å². The summed E-state index contributed by atoms with van der Waals surface area (Å²) < 4.78 is 7.41. The van der Waals surface area contributed by atoms with E-state index in [4.69, 9.17) is 16.3 Å². The molecule has 194 valence electrons. The van der Waals surface area contributed by atoms with Crippen molar-refractivity contribution in [2.45, 2.75) is 45.7 Å². The van der Waals surface area contributed by atoms with Crippen LogP contribution < -0.4 is 20.9 Å². The molecule has 3 amide bonds. The Morgan fingerprint density at radius 2 is 1.97 bits per heavy atom. The van der Waals surface area contributed by atoms with Gasteiger partial charge in [-0.25, -0.2) is 0 Å². The van der Waals surface area contributed by atoms with E-state index < -0.39 is 0 Å². The Hall–Kier alpha value is -3.33. The number of carbonyl (C=O) groups excluding carboxylic acids is 3. The van der Waals surface area contributed by atoms with Crippen LogP contribution in [0.3, 0.4) is 0 Å². The molecule has 9 nitrogen and oxygen atoms in total. The lowest BCUT2D eigenvalue weighted by Gasteiger charge is -2.26. The summed E-state index contributed by atoms with van der Waals surface area (Å²) in [4.78, 5) is 52.1. The molecule has 2 N–H and O–H groups in total. The van der Waals surface area contributed by atoms with Crippen LogP contribution in [-0.2, 0) is 16.1 Å². The van der Waals surface area contributed by atoms with Gasteiger partial charge >= 0.3 is 0 Å². The van der Waals surface area contributed by atoms with E-state index >= 15 is 0 Å². The summed E-state index contributed by atoms with van der Waals surface area (Å²) in [7, 11) is 0. The smallest absolute Gasteiger partial charge is 0.255 e. The zero-order valence-corrected chi connectivity index (χ0v) is 21.4. The van der Waals surface area contributed by atoms with Gasteiger partial charge in [-0.1, -0.05) is 31.5 Å². The van der Waals surface area contributed by atoms with Crippen molar-refractivity contribution < 1.29 is 19.1 Å². The first kappa shape index (κ1) is 27.3. The minimum absolute atomic E-state index is 0.0447. The first-order valence-corrected chi connectivity index (χ1v) is 12.6. The van der Waals surface area contributed by atoms with Crippen molar-refractivity contribution in [1.29, 1.82) is 0 Å². The van der Waals surface area contributed by atoms with Crippen LogP contribution in [0.2, 0.25) is 5.02 Å². The molecular formula is C26H33ClN4O5. The Bertz CT molecular complexity index is 1130. The van der Waals surface area contributed by atoms with E-state index in [0.29, 0.717) is 42.3 Å². The summed E-state index contributed by atoms with van der Waals surface area (Å²) in [6.45, 7) is 4.96. The lowest BCUT2D eigenvalue weighted by Crippen LogP contribution is -2.48. The molecule has 1 aliphatic heterocycles. The SMILES string of the molecule is CC(C)[C@H]1COc2ccc(Cl)cc2C(=O)NCCCCN(C(=O)CCn2ccccc2=O)CC(=O)N1. The number of aryl methyl sites for hydroxylation is 1. The molecule has 0 fully saturated rings. The van der Waals surface area contributed by atoms with E-state index in [0.717, 1.165) is 0 Å². The van der Waals surface area contributed by atoms with Crippen molar-refractivity contribution in [1.82, 2.24) is 20.1 Å². The zero-order chi connectivity index (χ0) is 26.1. The molecule has 0 saturated carbocycles. The summed E-state index contributed by atoms with van der Waals surface area (Å²) in [5.74, 6) is -0.367. The zero-order valence-electron chi connectivity index (χ0n) is 20.7. The lowest BCUT2D eigenvalue weighted by atomic mass is 10.1. The standard InChI is InChI=1S/C26H33ClN4O5/c1-18(2)21-17-36-22-9-8-19(27)15-20(22)26(35)28-11-4-6-13-31(16-23(32)29-21)25(34)10-14-30-12-5-3-7-24(30)33/h3,5,7-9,12,15,18,21H,4,6,10-11,13-14,16-17H2,1-2H3,(H,28,35)(H,29,32)/t21-/m1/s1. The number of ether oxygens (including phenoxy) is 1. The molecule has 36 heavy (non-hydrogen) atoms. The molecule has 1 aromatic carbocycles. The Morgan fingerprint density at radius 3 is 2.72 bits per heavy atom. The van der Waals surface area contributed by atoms with Gasteiger partial charge in [-0.3, -0.25) is 19.2 Å². The minimum Gasteiger partial charge on any atom is -0.491 e. The number of carbonyl (C=O) groups is 3. The molecule has 0 saturated heterocycles. The molecule has 1 atom stereocenters. The van der Waals surface area contributed by atoms with Gasteiger partial charge in [0.2, 0.25) is 11.8 Å². The second-order valence-electron chi connectivity index (χ2n) is 9.13. The number of nitrogens with zero attached hydrogens (tertiary/aromatic N) is 2. The van der Waals surface area contributed by atoms with Crippen molar-refractivity contribution in [3.63, 3.8) is 0 Å². The van der Waals surface area contributed by atoms with Crippen LogP contribution in [0.25, 0.3) is 0 Å². The number of hydrogen-bond donors (Lipinski definition) is 2. The summed E-state index contributed by atoms with van der Waals surface area (Å²) in [6, 6.07) is 9.34. The van der Waals surface area contributed by atoms with Crippen LogP contribution >= 0.6 is 11.6 Å². The maximum Gasteiger partial charge on any atom is 0.255 e. The highest BCUT2D eigenvalue weighted by molar-refractivity contribution is 6.31. The Balaban J connectivity index is 1.74. The van der Waals surface area contributed by atoms with Gasteiger partial charge in [0.05, 0.1) is 18.2 Å². The summed E-state index contributed by atoms with van der Waals surface area (Å²) >= 11 is 6.11. The van der Waals surface area contributed by atoms with Crippen molar-refractivity contribution in [2.24, 2.45) is 5.92 Å². The molecule has 3 rings (SSSR count). The molecule has 2 heterocycles. The fourth-order valence-corrected chi connectivity index (χ4v) is 4.02. The van der Waals surface area contributed by atoms with E-state index in [1.54, 1.807) is 36.5 Å². The van der Waals surface area contributed by atoms with Gasteiger partial charge in [0, 0.05) is 43.3 Å². The summed E-state index contributed by atoms with van der Waals surface area (Å²) in [5.41, 5.74) is 0.150. The predicted octanol–water partition coefficient (Wildman–Crippen LogP) is 2.46. The highest BCUT2D eigenvalue weighted by Crippen LogP contribution is 2.23. The Labute approximate surface area is 215 Å². The monoisotopic (exact) mass is 516 g/mol. The maximum atomic E-state index is 13.0. The number of pyridine rings is 1. The second-order valence-corrected chi connectivity index (χ2v) is 9.57. The first-order valence-electron chi connectivity index (χ1n) is 12.2. The van der Waals surface area contributed by atoms with E-state index in [-0.39, 0.29) is 61.4 Å². The fraction of sp³-hybridized carbons (Fsp3) is 0.462. The van der Waals surface area contributed by atoms with Gasteiger partial charge in [0.25, 0.3) is 11.5 Å². The number of aromatic nitrogens is 1. The van der Waals surface area contributed by atoms with E-state index in [2.05, 4.69) is 10.6 Å². The Morgan fingerprint density at radius 1 is 1.17 bits per heavy atom. The number of amides is 3. The number of rotatable bonds is 4. The fourth-order valence-electron chi connectivity index (χ4n) is 3.85. The highest BCUT2D eigenvalue weighted by atomic mass is 35.5. The number of hydrogen-bond acceptors (Lipinski definition) is 5. The van der Waals surface area contributed by atoms with Gasteiger partial charge in [0.1, 0.15) is 12.4 Å². The maximum absolute atomic E-state index is 13.0. The quantitative estimate of drug-likeness (QED) is 0.648. The number of fused-ring (bicyclic) bond motifs is 1. The van der Waals surface area contributed by atoms with E-state index in [1.807, 2.05) is 13.8 Å². The molecule has 1 aliphatic rings. The van der Waals surface area contributed by atoms with Crippen molar-refractivity contribution in [3.8, 4) is 5.75 Å². The second kappa shape index (κ2) is 13.1. The highest BCUT2D eigenvalue weighted by Gasteiger charge is 2.23. The molecule has 0 spiro atoms. The third-order valence-corrected chi connectivity index (χ3v) is 6.28. The van der Waals surface area contributed by atoms with Crippen LogP contribution in [0, 0.1) is 5.92 Å². The first-order chi connectivity index (χ1) is 17.2. The summed E-state index contributed by atoms with van der Waals surface area (Å²) in [6.07, 6.45) is 2.94. The molecule has 10 heteroatoms. The van der Waals surface area contributed by atoms with Crippen molar-refractivity contribution in [3.05, 3.63) is 63.5 Å². The number of halogens is 1. The molecule has 0 radical (unpaired) electrons. The molecular weight excluding hydrogens is 484 g/mol. The predicted molar refractivity (Wildman–Crippen MR) is 137 cm³/mol. The number of nitrogens with one attached hydrogen (secondary N) is 2. The lowest BCUT2D eigenvalue weighted by molar-refractivity contribution is -0.136. The molecule has 1 aromatic heterocycles. The van der Waals surface area contributed by atoms with Crippen LogP contribution in [0.5, 0.6) is 5.75 Å². The summed E-state index contributed by atoms with van der Waals surface area (Å²) in [5, 5.41) is 6.26. The van der Waals surface area contributed by atoms with Crippen LogP contribution in [-0.4, -0.2) is 59.5 Å².